The van der Waals surface area contributed by atoms with Crippen LogP contribution in [0, 0.1) is 38.2 Å². The third kappa shape index (κ3) is 4.07. The number of aryl methyl sites for hydroxylation is 2. The standard InChI is InChI=1S/C22H20F3N3O2/c1-12-6-4-5-7-18(12)28-13(2)10-15(14(28)3)22(30)26-11-19(29)27-17-9-8-16(23)20(24)21(17)25/h4-10H,11H2,1-3H3,(H,26,30)(H,27,29). The van der Waals surface area contributed by atoms with E-state index in [4.69, 9.17) is 0 Å². The van der Waals surface area contributed by atoms with E-state index in [1.807, 2.05) is 42.7 Å². The van der Waals surface area contributed by atoms with Crippen molar-refractivity contribution in [1.29, 1.82) is 0 Å². The van der Waals surface area contributed by atoms with E-state index in [2.05, 4.69) is 10.6 Å². The largest absolute Gasteiger partial charge is 0.343 e. The Bertz CT molecular complexity index is 1140. The summed E-state index contributed by atoms with van der Waals surface area (Å²) in [6.45, 7) is 5.17. The zero-order valence-electron chi connectivity index (χ0n) is 16.6. The monoisotopic (exact) mass is 415 g/mol. The summed E-state index contributed by atoms with van der Waals surface area (Å²) in [4.78, 5) is 24.6. The Morgan fingerprint density at radius 3 is 2.37 bits per heavy atom. The van der Waals surface area contributed by atoms with Crippen LogP contribution < -0.4 is 10.6 Å². The molecule has 8 heteroatoms. The third-order valence-corrected chi connectivity index (χ3v) is 4.75. The van der Waals surface area contributed by atoms with Gasteiger partial charge in [-0.3, -0.25) is 9.59 Å². The summed E-state index contributed by atoms with van der Waals surface area (Å²) in [6, 6.07) is 11.1. The summed E-state index contributed by atoms with van der Waals surface area (Å²) in [7, 11) is 0. The van der Waals surface area contributed by atoms with Gasteiger partial charge >= 0.3 is 0 Å². The molecule has 2 amide bonds. The van der Waals surface area contributed by atoms with E-state index >= 15 is 0 Å². The second-order valence-corrected chi connectivity index (χ2v) is 6.86. The zero-order chi connectivity index (χ0) is 22.0. The number of benzene rings is 2. The van der Waals surface area contributed by atoms with E-state index in [-0.39, 0.29) is 0 Å². The molecule has 0 spiro atoms. The third-order valence-electron chi connectivity index (χ3n) is 4.75. The van der Waals surface area contributed by atoms with Gasteiger partial charge in [-0.05, 0) is 50.6 Å². The fourth-order valence-electron chi connectivity index (χ4n) is 3.25. The maximum Gasteiger partial charge on any atom is 0.253 e. The van der Waals surface area contributed by atoms with Crippen LogP contribution in [0.5, 0.6) is 0 Å². The van der Waals surface area contributed by atoms with Crippen molar-refractivity contribution in [3.05, 3.63) is 82.4 Å². The molecule has 0 fully saturated rings. The smallest absolute Gasteiger partial charge is 0.253 e. The number of halogens is 3. The molecule has 0 unspecified atom stereocenters. The number of rotatable bonds is 5. The van der Waals surface area contributed by atoms with E-state index in [0.717, 1.165) is 23.0 Å². The zero-order valence-corrected chi connectivity index (χ0v) is 16.6. The van der Waals surface area contributed by atoms with E-state index in [0.29, 0.717) is 17.3 Å². The lowest BCUT2D eigenvalue weighted by molar-refractivity contribution is -0.115. The number of hydrogen-bond acceptors (Lipinski definition) is 2. The van der Waals surface area contributed by atoms with Crippen LogP contribution in [0.15, 0.2) is 42.5 Å². The summed E-state index contributed by atoms with van der Waals surface area (Å²) in [5, 5.41) is 4.57. The van der Waals surface area contributed by atoms with Gasteiger partial charge in [-0.1, -0.05) is 18.2 Å². The first kappa shape index (κ1) is 21.2. The molecule has 1 aromatic heterocycles. The second kappa shape index (κ2) is 8.44. The van der Waals surface area contributed by atoms with Gasteiger partial charge in [-0.15, -0.1) is 0 Å². The van der Waals surface area contributed by atoms with Gasteiger partial charge in [0.2, 0.25) is 5.91 Å². The lowest BCUT2D eigenvalue weighted by atomic mass is 10.2. The summed E-state index contributed by atoms with van der Waals surface area (Å²) in [5.41, 5.74) is 3.41. The van der Waals surface area contributed by atoms with E-state index in [1.54, 1.807) is 13.0 Å². The van der Waals surface area contributed by atoms with Gasteiger partial charge in [0.15, 0.2) is 17.5 Å². The van der Waals surface area contributed by atoms with Crippen LogP contribution in [-0.2, 0) is 4.79 Å². The molecule has 0 aliphatic heterocycles. The van der Waals surface area contributed by atoms with E-state index in [1.165, 1.54) is 0 Å². The number of nitrogens with one attached hydrogen (secondary N) is 2. The summed E-state index contributed by atoms with van der Waals surface area (Å²) < 4.78 is 41.8. The maximum atomic E-state index is 13.7. The minimum atomic E-state index is -1.68. The molecule has 0 saturated heterocycles. The van der Waals surface area contributed by atoms with Gasteiger partial charge in [0, 0.05) is 17.1 Å². The van der Waals surface area contributed by atoms with Crippen LogP contribution in [0.3, 0.4) is 0 Å². The first-order chi connectivity index (χ1) is 14.2. The number of carbonyl (C=O) groups excluding carboxylic acids is 2. The first-order valence-corrected chi connectivity index (χ1v) is 9.17. The van der Waals surface area contributed by atoms with Crippen LogP contribution in [0.25, 0.3) is 5.69 Å². The van der Waals surface area contributed by atoms with Gasteiger partial charge in [-0.25, -0.2) is 13.2 Å². The van der Waals surface area contributed by atoms with Crippen molar-refractivity contribution in [3.63, 3.8) is 0 Å². The van der Waals surface area contributed by atoms with E-state index < -0.39 is 41.5 Å². The number of aromatic nitrogens is 1. The SMILES string of the molecule is Cc1ccccc1-n1c(C)cc(C(=O)NCC(=O)Nc2ccc(F)c(F)c2F)c1C. The van der Waals surface area contributed by atoms with Crippen molar-refractivity contribution in [2.45, 2.75) is 20.8 Å². The molecule has 156 valence electrons. The molecule has 0 radical (unpaired) electrons. The summed E-state index contributed by atoms with van der Waals surface area (Å²) in [6.07, 6.45) is 0. The molecule has 3 aromatic rings. The second-order valence-electron chi connectivity index (χ2n) is 6.86. The molecule has 0 aliphatic carbocycles. The Labute approximate surface area is 171 Å². The molecule has 1 heterocycles. The first-order valence-electron chi connectivity index (χ1n) is 9.17. The van der Waals surface area contributed by atoms with Gasteiger partial charge in [0.05, 0.1) is 17.8 Å². The average molecular weight is 415 g/mol. The van der Waals surface area contributed by atoms with Crippen molar-refractivity contribution in [2.75, 3.05) is 11.9 Å². The van der Waals surface area contributed by atoms with Gasteiger partial charge < -0.3 is 15.2 Å². The fraction of sp³-hybridized carbons (Fsp3) is 0.182. The molecule has 0 bridgehead atoms. The topological polar surface area (TPSA) is 63.1 Å². The molecular weight excluding hydrogens is 395 g/mol. The van der Waals surface area contributed by atoms with Crippen LogP contribution in [0.4, 0.5) is 18.9 Å². The Hall–Kier alpha value is -3.55. The van der Waals surface area contributed by atoms with Gasteiger partial charge in [-0.2, -0.15) is 0 Å². The van der Waals surface area contributed by atoms with Gasteiger partial charge in [0.25, 0.3) is 5.91 Å². The molecule has 0 atom stereocenters. The normalized spacial score (nSPS) is 10.7. The Morgan fingerprint density at radius 2 is 1.67 bits per heavy atom. The molecule has 0 saturated carbocycles. The molecule has 2 N–H and O–H groups in total. The van der Waals surface area contributed by atoms with Crippen molar-refractivity contribution in [3.8, 4) is 5.69 Å². The highest BCUT2D eigenvalue weighted by molar-refractivity contribution is 6.00. The molecule has 3 rings (SSSR count). The highest BCUT2D eigenvalue weighted by Crippen LogP contribution is 2.23. The fourth-order valence-corrected chi connectivity index (χ4v) is 3.25. The summed E-state index contributed by atoms with van der Waals surface area (Å²) in [5.74, 6) is -5.80. The maximum absolute atomic E-state index is 13.7. The summed E-state index contributed by atoms with van der Waals surface area (Å²) >= 11 is 0. The minimum absolute atomic E-state index is 0.391. The number of amides is 2. The molecule has 30 heavy (non-hydrogen) atoms. The predicted molar refractivity (Wildman–Crippen MR) is 107 cm³/mol. The number of para-hydroxylation sites is 1. The molecule has 2 aromatic carbocycles. The van der Waals surface area contributed by atoms with Crippen molar-refractivity contribution in [1.82, 2.24) is 9.88 Å². The Kier molecular flexibility index (Phi) is 5.96. The number of carbonyl (C=O) groups is 2. The number of nitrogens with zero attached hydrogens (tertiary/aromatic N) is 1. The number of hydrogen-bond donors (Lipinski definition) is 2. The molecular formula is C22H20F3N3O2. The Morgan fingerprint density at radius 1 is 0.967 bits per heavy atom. The Balaban J connectivity index is 1.71. The highest BCUT2D eigenvalue weighted by Gasteiger charge is 2.19. The predicted octanol–water partition coefficient (Wildman–Crippen LogP) is 4.19. The highest BCUT2D eigenvalue weighted by atomic mass is 19.2. The molecule has 5 nitrogen and oxygen atoms in total. The van der Waals surface area contributed by atoms with Crippen molar-refractivity contribution in [2.24, 2.45) is 0 Å². The van der Waals surface area contributed by atoms with Crippen LogP contribution in [0.2, 0.25) is 0 Å². The van der Waals surface area contributed by atoms with Crippen LogP contribution >= 0.6 is 0 Å². The van der Waals surface area contributed by atoms with Crippen molar-refractivity contribution < 1.29 is 22.8 Å². The minimum Gasteiger partial charge on any atom is -0.343 e. The van der Waals surface area contributed by atoms with Crippen LogP contribution in [0.1, 0.15) is 27.3 Å². The lowest BCUT2D eigenvalue weighted by Crippen LogP contribution is -2.33. The van der Waals surface area contributed by atoms with E-state index in [9.17, 15) is 22.8 Å². The van der Waals surface area contributed by atoms with Gasteiger partial charge in [0.1, 0.15) is 0 Å². The molecule has 0 aliphatic rings. The quantitative estimate of drug-likeness (QED) is 0.614. The lowest BCUT2D eigenvalue weighted by Gasteiger charge is -2.13. The average Bonchev–Trinajstić information content (AvgIpc) is 3.01. The van der Waals surface area contributed by atoms with Crippen molar-refractivity contribution >= 4 is 17.5 Å². The number of anilines is 1. The van der Waals surface area contributed by atoms with Crippen LogP contribution in [-0.4, -0.2) is 22.9 Å².